The van der Waals surface area contributed by atoms with Crippen LogP contribution in [0.15, 0.2) is 28.8 Å². The van der Waals surface area contributed by atoms with Gasteiger partial charge in [0.05, 0.1) is 32.4 Å². The van der Waals surface area contributed by atoms with E-state index < -0.39 is 0 Å². The van der Waals surface area contributed by atoms with E-state index >= 15 is 0 Å². The maximum absolute atomic E-state index is 5.43. The molecule has 0 spiro atoms. The fourth-order valence-electron chi connectivity index (χ4n) is 2.43. The Bertz CT molecular complexity index is 599. The molecule has 6 nitrogen and oxygen atoms in total. The first-order valence-electron chi connectivity index (χ1n) is 7.05. The van der Waals surface area contributed by atoms with Crippen LogP contribution in [0.5, 0.6) is 5.75 Å². The van der Waals surface area contributed by atoms with Crippen LogP contribution in [0.2, 0.25) is 0 Å². The minimum absolute atomic E-state index is 0.361. The van der Waals surface area contributed by atoms with E-state index in [4.69, 9.17) is 14.0 Å². The Hall–Kier alpha value is -1.92. The van der Waals surface area contributed by atoms with Crippen molar-refractivity contribution >= 4 is 0 Å². The molecular weight excluding hydrogens is 270 g/mol. The van der Waals surface area contributed by atoms with Crippen LogP contribution < -0.4 is 4.74 Å². The van der Waals surface area contributed by atoms with Crippen molar-refractivity contribution in [1.29, 1.82) is 0 Å². The molecule has 0 aliphatic carbocycles. The molecule has 2 heterocycles. The predicted molar refractivity (Wildman–Crippen MR) is 77.0 cm³/mol. The first-order chi connectivity index (χ1) is 10.3. The van der Waals surface area contributed by atoms with Gasteiger partial charge in [-0.1, -0.05) is 17.3 Å². The van der Waals surface area contributed by atoms with Crippen molar-refractivity contribution in [2.75, 3.05) is 26.9 Å². The van der Waals surface area contributed by atoms with Crippen molar-refractivity contribution in [3.63, 3.8) is 0 Å². The highest BCUT2D eigenvalue weighted by Crippen LogP contribution is 2.27. The number of morpholine rings is 1. The molecule has 0 radical (unpaired) electrons. The molecule has 0 amide bonds. The number of rotatable bonds is 4. The fourth-order valence-corrected chi connectivity index (χ4v) is 2.43. The average Bonchev–Trinajstić information content (AvgIpc) is 2.98. The van der Waals surface area contributed by atoms with Crippen LogP contribution in [-0.4, -0.2) is 48.0 Å². The minimum atomic E-state index is 0.361. The van der Waals surface area contributed by atoms with E-state index in [9.17, 15) is 0 Å². The Morgan fingerprint density at radius 3 is 3.05 bits per heavy atom. The highest BCUT2D eigenvalue weighted by molar-refractivity contribution is 5.63. The van der Waals surface area contributed by atoms with E-state index in [0.717, 1.165) is 31.1 Å². The summed E-state index contributed by atoms with van der Waals surface area (Å²) in [5, 5.41) is 4.06. The summed E-state index contributed by atoms with van der Waals surface area (Å²) in [4.78, 5) is 6.76. The van der Waals surface area contributed by atoms with Crippen LogP contribution in [0.1, 0.15) is 12.8 Å². The van der Waals surface area contributed by atoms with Crippen LogP contribution in [0.3, 0.4) is 0 Å². The van der Waals surface area contributed by atoms with Gasteiger partial charge in [-0.3, -0.25) is 4.90 Å². The number of aromatic nitrogens is 2. The number of benzene rings is 1. The third kappa shape index (κ3) is 3.06. The van der Waals surface area contributed by atoms with Gasteiger partial charge in [-0.25, -0.2) is 0 Å². The summed E-state index contributed by atoms with van der Waals surface area (Å²) in [6, 6.07) is 8.01. The van der Waals surface area contributed by atoms with Gasteiger partial charge in [-0.05, 0) is 19.1 Å². The van der Waals surface area contributed by atoms with Crippen molar-refractivity contribution in [3.8, 4) is 17.1 Å². The first kappa shape index (κ1) is 14.0. The molecule has 1 saturated heterocycles. The lowest BCUT2D eigenvalue weighted by Gasteiger charge is -2.31. The van der Waals surface area contributed by atoms with Crippen molar-refractivity contribution in [2.24, 2.45) is 0 Å². The average molecular weight is 289 g/mol. The van der Waals surface area contributed by atoms with Crippen LogP contribution in [-0.2, 0) is 11.3 Å². The van der Waals surface area contributed by atoms with E-state index in [1.54, 1.807) is 7.11 Å². The molecule has 1 aliphatic rings. The van der Waals surface area contributed by atoms with Gasteiger partial charge in [0.2, 0.25) is 11.7 Å². The molecule has 1 fully saturated rings. The van der Waals surface area contributed by atoms with Gasteiger partial charge in [0, 0.05) is 12.6 Å². The second kappa shape index (κ2) is 6.24. The van der Waals surface area contributed by atoms with Gasteiger partial charge in [0.15, 0.2) is 0 Å². The number of methoxy groups -OCH3 is 1. The molecule has 1 aromatic heterocycles. The molecular formula is C15H19N3O3. The van der Waals surface area contributed by atoms with Crippen LogP contribution >= 0.6 is 0 Å². The zero-order valence-electron chi connectivity index (χ0n) is 12.3. The minimum Gasteiger partial charge on any atom is -0.496 e. The van der Waals surface area contributed by atoms with E-state index in [-0.39, 0.29) is 0 Å². The quantitative estimate of drug-likeness (QED) is 0.857. The van der Waals surface area contributed by atoms with Crippen molar-refractivity contribution in [3.05, 3.63) is 30.2 Å². The Balaban J connectivity index is 1.77. The summed E-state index contributed by atoms with van der Waals surface area (Å²) in [7, 11) is 1.63. The van der Waals surface area contributed by atoms with Gasteiger partial charge >= 0.3 is 0 Å². The molecule has 1 unspecified atom stereocenters. The van der Waals surface area contributed by atoms with Crippen molar-refractivity contribution < 1.29 is 14.0 Å². The van der Waals surface area contributed by atoms with E-state index in [2.05, 4.69) is 22.0 Å². The number of nitrogens with zero attached hydrogens (tertiary/aromatic N) is 3. The maximum atomic E-state index is 5.43. The smallest absolute Gasteiger partial charge is 0.241 e. The predicted octanol–water partition coefficient (Wildman–Crippen LogP) is 1.97. The summed E-state index contributed by atoms with van der Waals surface area (Å²) in [6.07, 6.45) is 0. The topological polar surface area (TPSA) is 60.6 Å². The molecule has 2 aromatic rings. The Morgan fingerprint density at radius 1 is 1.38 bits per heavy atom. The zero-order valence-corrected chi connectivity index (χ0v) is 12.3. The second-order valence-corrected chi connectivity index (χ2v) is 5.11. The number of hydrogen-bond donors (Lipinski definition) is 0. The van der Waals surface area contributed by atoms with Gasteiger partial charge in [0.1, 0.15) is 5.75 Å². The lowest BCUT2D eigenvalue weighted by Crippen LogP contribution is -2.42. The SMILES string of the molecule is COc1ccccc1-c1noc(CN2CCOCC2C)n1. The Kier molecular flexibility index (Phi) is 4.17. The molecule has 1 aliphatic heterocycles. The van der Waals surface area contributed by atoms with E-state index in [1.165, 1.54) is 0 Å². The van der Waals surface area contributed by atoms with Gasteiger partial charge in [0.25, 0.3) is 0 Å². The molecule has 3 rings (SSSR count). The maximum Gasteiger partial charge on any atom is 0.241 e. The highest BCUT2D eigenvalue weighted by Gasteiger charge is 2.21. The van der Waals surface area contributed by atoms with E-state index in [0.29, 0.717) is 24.3 Å². The zero-order chi connectivity index (χ0) is 14.7. The first-order valence-corrected chi connectivity index (χ1v) is 7.05. The third-order valence-corrected chi connectivity index (χ3v) is 3.66. The van der Waals surface area contributed by atoms with Gasteiger partial charge in [-0.2, -0.15) is 4.98 Å². The molecule has 1 atom stereocenters. The van der Waals surface area contributed by atoms with Crippen molar-refractivity contribution in [1.82, 2.24) is 15.0 Å². The number of ether oxygens (including phenoxy) is 2. The van der Waals surface area contributed by atoms with E-state index in [1.807, 2.05) is 24.3 Å². The second-order valence-electron chi connectivity index (χ2n) is 5.11. The third-order valence-electron chi connectivity index (χ3n) is 3.66. The molecule has 112 valence electrons. The van der Waals surface area contributed by atoms with Gasteiger partial charge in [-0.15, -0.1) is 0 Å². The van der Waals surface area contributed by atoms with Crippen LogP contribution in [0.4, 0.5) is 0 Å². The molecule has 1 aromatic carbocycles. The molecule has 0 bridgehead atoms. The Labute approximate surface area is 123 Å². The summed E-state index contributed by atoms with van der Waals surface area (Å²) < 4.78 is 16.1. The number of hydrogen-bond acceptors (Lipinski definition) is 6. The summed E-state index contributed by atoms with van der Waals surface area (Å²) in [5.41, 5.74) is 0.838. The largest absolute Gasteiger partial charge is 0.496 e. The number of para-hydroxylation sites is 1. The standard InChI is InChI=1S/C15H19N3O3/c1-11-10-20-8-7-18(11)9-14-16-15(17-21-14)12-5-3-4-6-13(12)19-2/h3-6,11H,7-10H2,1-2H3. The van der Waals surface area contributed by atoms with Gasteiger partial charge < -0.3 is 14.0 Å². The monoisotopic (exact) mass is 289 g/mol. The summed E-state index contributed by atoms with van der Waals surface area (Å²) >= 11 is 0. The van der Waals surface area contributed by atoms with Crippen LogP contribution in [0, 0.1) is 0 Å². The highest BCUT2D eigenvalue weighted by atomic mass is 16.5. The Morgan fingerprint density at radius 2 is 2.24 bits per heavy atom. The molecule has 6 heteroatoms. The van der Waals surface area contributed by atoms with Crippen molar-refractivity contribution in [2.45, 2.75) is 19.5 Å². The molecule has 21 heavy (non-hydrogen) atoms. The summed E-state index contributed by atoms with van der Waals surface area (Å²) in [6.45, 7) is 5.15. The lowest BCUT2D eigenvalue weighted by atomic mass is 10.2. The fraction of sp³-hybridized carbons (Fsp3) is 0.467. The van der Waals surface area contributed by atoms with Crippen LogP contribution in [0.25, 0.3) is 11.4 Å². The summed E-state index contributed by atoms with van der Waals surface area (Å²) in [5.74, 6) is 1.91. The molecule has 0 saturated carbocycles. The lowest BCUT2D eigenvalue weighted by molar-refractivity contribution is -0.00852. The normalized spacial score (nSPS) is 19.6. The molecule has 0 N–H and O–H groups in total.